The van der Waals surface area contributed by atoms with Crippen LogP contribution in [0.2, 0.25) is 0 Å². The molecule has 1 aromatic carbocycles. The SMILES string of the molecule is CCOC(=O)CC(CC)(NC)c1ccc(C)cc1. The lowest BCUT2D eigenvalue weighted by Gasteiger charge is -2.32. The minimum Gasteiger partial charge on any atom is -0.466 e. The molecule has 100 valence electrons. The second kappa shape index (κ2) is 6.55. The highest BCUT2D eigenvalue weighted by atomic mass is 16.5. The van der Waals surface area contributed by atoms with E-state index in [-0.39, 0.29) is 11.5 Å². The first-order valence-electron chi connectivity index (χ1n) is 6.49. The molecular formula is C15H23NO2. The molecule has 0 spiro atoms. The summed E-state index contributed by atoms with van der Waals surface area (Å²) in [7, 11) is 1.89. The zero-order valence-electron chi connectivity index (χ0n) is 11.7. The summed E-state index contributed by atoms with van der Waals surface area (Å²) in [5, 5.41) is 3.29. The van der Waals surface area contributed by atoms with Gasteiger partial charge in [-0.3, -0.25) is 4.79 Å². The molecule has 0 aliphatic rings. The van der Waals surface area contributed by atoms with E-state index in [1.165, 1.54) is 5.56 Å². The van der Waals surface area contributed by atoms with Gasteiger partial charge in [-0.2, -0.15) is 0 Å². The quantitative estimate of drug-likeness (QED) is 0.788. The van der Waals surface area contributed by atoms with Crippen LogP contribution in [0.4, 0.5) is 0 Å². The highest BCUT2D eigenvalue weighted by Gasteiger charge is 2.31. The van der Waals surface area contributed by atoms with Crippen LogP contribution in [0.15, 0.2) is 24.3 Å². The fraction of sp³-hybridized carbons (Fsp3) is 0.533. The summed E-state index contributed by atoms with van der Waals surface area (Å²) in [5.74, 6) is -0.158. The van der Waals surface area contributed by atoms with Gasteiger partial charge in [-0.05, 0) is 32.9 Å². The van der Waals surface area contributed by atoms with Crippen LogP contribution >= 0.6 is 0 Å². The minimum absolute atomic E-state index is 0.158. The van der Waals surface area contributed by atoms with E-state index < -0.39 is 0 Å². The van der Waals surface area contributed by atoms with Crippen molar-refractivity contribution < 1.29 is 9.53 Å². The molecule has 0 aliphatic heterocycles. The predicted molar refractivity (Wildman–Crippen MR) is 73.5 cm³/mol. The Morgan fingerprint density at radius 1 is 1.28 bits per heavy atom. The Kier molecular flexibility index (Phi) is 5.35. The third kappa shape index (κ3) is 3.33. The minimum atomic E-state index is -0.333. The summed E-state index contributed by atoms with van der Waals surface area (Å²) >= 11 is 0. The smallest absolute Gasteiger partial charge is 0.308 e. The summed E-state index contributed by atoms with van der Waals surface area (Å²) in [5.41, 5.74) is 2.02. The molecule has 0 saturated heterocycles. The first-order valence-corrected chi connectivity index (χ1v) is 6.49. The van der Waals surface area contributed by atoms with Crippen LogP contribution in [-0.4, -0.2) is 19.6 Å². The van der Waals surface area contributed by atoms with Crippen molar-refractivity contribution in [2.75, 3.05) is 13.7 Å². The Labute approximate surface area is 110 Å². The highest BCUT2D eigenvalue weighted by molar-refractivity contribution is 5.71. The molecule has 3 heteroatoms. The summed E-state index contributed by atoms with van der Waals surface area (Å²) < 4.78 is 5.07. The van der Waals surface area contributed by atoms with Crippen molar-refractivity contribution in [2.24, 2.45) is 0 Å². The number of aryl methyl sites for hydroxylation is 1. The van der Waals surface area contributed by atoms with Crippen LogP contribution in [-0.2, 0) is 15.1 Å². The Bertz CT molecular complexity index is 380. The first-order chi connectivity index (χ1) is 8.57. The second-order valence-electron chi connectivity index (χ2n) is 4.53. The monoisotopic (exact) mass is 249 g/mol. The van der Waals surface area contributed by atoms with Gasteiger partial charge in [0.05, 0.1) is 18.6 Å². The van der Waals surface area contributed by atoms with Crippen LogP contribution in [0.5, 0.6) is 0 Å². The Balaban J connectivity index is 2.98. The molecule has 0 radical (unpaired) electrons. The molecular weight excluding hydrogens is 226 g/mol. The van der Waals surface area contributed by atoms with Crippen molar-refractivity contribution in [2.45, 2.75) is 39.2 Å². The van der Waals surface area contributed by atoms with Gasteiger partial charge in [0.25, 0.3) is 0 Å². The zero-order chi connectivity index (χ0) is 13.6. The van der Waals surface area contributed by atoms with E-state index in [0.29, 0.717) is 13.0 Å². The molecule has 1 atom stereocenters. The van der Waals surface area contributed by atoms with Gasteiger partial charge in [-0.25, -0.2) is 0 Å². The van der Waals surface area contributed by atoms with E-state index in [1.807, 2.05) is 14.0 Å². The third-order valence-electron chi connectivity index (χ3n) is 3.44. The van der Waals surface area contributed by atoms with E-state index in [9.17, 15) is 4.79 Å². The molecule has 0 aliphatic carbocycles. The molecule has 1 unspecified atom stereocenters. The molecule has 0 saturated carbocycles. The van der Waals surface area contributed by atoms with E-state index in [2.05, 4.69) is 43.4 Å². The van der Waals surface area contributed by atoms with Gasteiger partial charge in [-0.1, -0.05) is 36.8 Å². The van der Waals surface area contributed by atoms with E-state index in [4.69, 9.17) is 4.74 Å². The maximum absolute atomic E-state index is 11.8. The number of carbonyl (C=O) groups excluding carboxylic acids is 1. The number of ether oxygens (including phenoxy) is 1. The molecule has 0 aromatic heterocycles. The number of hydrogen-bond donors (Lipinski definition) is 1. The molecule has 0 fully saturated rings. The number of rotatable bonds is 6. The standard InChI is InChI=1S/C15H23NO2/c1-5-15(16-4,11-14(17)18-6-2)13-9-7-12(3)8-10-13/h7-10,16H,5-6,11H2,1-4H3. The average Bonchev–Trinajstić information content (AvgIpc) is 2.37. The molecule has 18 heavy (non-hydrogen) atoms. The van der Waals surface area contributed by atoms with Gasteiger partial charge in [0, 0.05) is 0 Å². The Morgan fingerprint density at radius 3 is 2.33 bits per heavy atom. The van der Waals surface area contributed by atoms with Crippen molar-refractivity contribution in [3.8, 4) is 0 Å². The lowest BCUT2D eigenvalue weighted by atomic mass is 9.84. The fourth-order valence-corrected chi connectivity index (χ4v) is 2.17. The average molecular weight is 249 g/mol. The lowest BCUT2D eigenvalue weighted by Crippen LogP contribution is -2.41. The third-order valence-corrected chi connectivity index (χ3v) is 3.44. The van der Waals surface area contributed by atoms with Gasteiger partial charge in [0.1, 0.15) is 0 Å². The van der Waals surface area contributed by atoms with Crippen molar-refractivity contribution in [3.63, 3.8) is 0 Å². The van der Waals surface area contributed by atoms with E-state index >= 15 is 0 Å². The molecule has 0 heterocycles. The highest BCUT2D eigenvalue weighted by Crippen LogP contribution is 2.29. The van der Waals surface area contributed by atoms with Gasteiger partial charge in [-0.15, -0.1) is 0 Å². The molecule has 1 aromatic rings. The summed E-state index contributed by atoms with van der Waals surface area (Å²) in [4.78, 5) is 11.8. The van der Waals surface area contributed by atoms with Crippen LogP contribution < -0.4 is 5.32 Å². The molecule has 0 amide bonds. The Hall–Kier alpha value is -1.35. The summed E-state index contributed by atoms with van der Waals surface area (Å²) in [6.45, 7) is 6.39. The van der Waals surface area contributed by atoms with Gasteiger partial charge in [0.15, 0.2) is 0 Å². The second-order valence-corrected chi connectivity index (χ2v) is 4.53. The first kappa shape index (κ1) is 14.7. The molecule has 0 bridgehead atoms. The molecule has 1 rings (SSSR count). The topological polar surface area (TPSA) is 38.3 Å². The Morgan fingerprint density at radius 2 is 1.89 bits per heavy atom. The maximum Gasteiger partial charge on any atom is 0.308 e. The number of carbonyl (C=O) groups is 1. The zero-order valence-corrected chi connectivity index (χ0v) is 11.7. The van der Waals surface area contributed by atoms with E-state index in [0.717, 1.165) is 12.0 Å². The normalized spacial score (nSPS) is 14.0. The van der Waals surface area contributed by atoms with Crippen molar-refractivity contribution >= 4 is 5.97 Å². The summed E-state index contributed by atoms with van der Waals surface area (Å²) in [6, 6.07) is 8.30. The number of nitrogens with one attached hydrogen (secondary N) is 1. The molecule has 1 N–H and O–H groups in total. The van der Waals surface area contributed by atoms with E-state index in [1.54, 1.807) is 0 Å². The fourth-order valence-electron chi connectivity index (χ4n) is 2.17. The summed E-state index contributed by atoms with van der Waals surface area (Å²) in [6.07, 6.45) is 1.20. The lowest BCUT2D eigenvalue weighted by molar-refractivity contribution is -0.145. The number of esters is 1. The van der Waals surface area contributed by atoms with Gasteiger partial charge >= 0.3 is 5.97 Å². The largest absolute Gasteiger partial charge is 0.466 e. The van der Waals surface area contributed by atoms with Gasteiger partial charge in [0.2, 0.25) is 0 Å². The van der Waals surface area contributed by atoms with Crippen LogP contribution in [0.25, 0.3) is 0 Å². The molecule has 3 nitrogen and oxygen atoms in total. The predicted octanol–water partition coefficient (Wildman–Crippen LogP) is 2.77. The van der Waals surface area contributed by atoms with Crippen LogP contribution in [0.3, 0.4) is 0 Å². The van der Waals surface area contributed by atoms with Crippen molar-refractivity contribution in [3.05, 3.63) is 35.4 Å². The number of benzene rings is 1. The van der Waals surface area contributed by atoms with Crippen LogP contribution in [0.1, 0.15) is 37.8 Å². The van der Waals surface area contributed by atoms with Crippen molar-refractivity contribution in [1.82, 2.24) is 5.32 Å². The maximum atomic E-state index is 11.8. The van der Waals surface area contributed by atoms with Crippen molar-refractivity contribution in [1.29, 1.82) is 0 Å². The van der Waals surface area contributed by atoms with Gasteiger partial charge < -0.3 is 10.1 Å². The number of hydrogen-bond acceptors (Lipinski definition) is 3. The van der Waals surface area contributed by atoms with Crippen LogP contribution in [0, 0.1) is 6.92 Å².